The van der Waals surface area contributed by atoms with Crippen LogP contribution in [0.4, 0.5) is 0 Å². The monoisotopic (exact) mass is 440 g/mol. The van der Waals surface area contributed by atoms with E-state index in [-0.39, 0.29) is 24.4 Å². The van der Waals surface area contributed by atoms with E-state index in [0.717, 1.165) is 13.1 Å². The van der Waals surface area contributed by atoms with E-state index in [0.29, 0.717) is 17.0 Å². The Bertz CT molecular complexity index is 694. The molecule has 1 aromatic heterocycles. The van der Waals surface area contributed by atoms with Crippen molar-refractivity contribution in [3.8, 4) is 0 Å². The van der Waals surface area contributed by atoms with Gasteiger partial charge in [-0.3, -0.25) is 9.69 Å². The molecule has 2 heterocycles. The molecule has 0 saturated carbocycles. The van der Waals surface area contributed by atoms with E-state index in [2.05, 4.69) is 57.3 Å². The lowest BCUT2D eigenvalue weighted by molar-refractivity contribution is 0.0904. The van der Waals surface area contributed by atoms with Gasteiger partial charge >= 0.3 is 0 Å². The van der Waals surface area contributed by atoms with E-state index in [1.807, 2.05) is 0 Å². The summed E-state index contributed by atoms with van der Waals surface area (Å²) in [5.41, 5.74) is 2.51. The molecule has 3 rings (SSSR count). The van der Waals surface area contributed by atoms with Gasteiger partial charge in [0.1, 0.15) is 0 Å². The minimum absolute atomic E-state index is 0. The van der Waals surface area contributed by atoms with E-state index in [9.17, 15) is 4.79 Å². The number of carbonyl (C=O) groups is 1. The summed E-state index contributed by atoms with van der Waals surface area (Å²) in [7, 11) is 0. The Morgan fingerprint density at radius 1 is 1.12 bits per heavy atom. The summed E-state index contributed by atoms with van der Waals surface area (Å²) < 4.78 is 5.93. The van der Waals surface area contributed by atoms with Crippen molar-refractivity contribution in [2.24, 2.45) is 0 Å². The minimum Gasteiger partial charge on any atom is -0.444 e. The third kappa shape index (κ3) is 5.60. The number of nitrogens with one attached hydrogen (secondary N) is 1. The number of rotatable bonds is 5. The zero-order valence-corrected chi connectivity index (χ0v) is 17.4. The fraction of sp³-hybridized carbons (Fsp3) is 0.450. The molecule has 1 atom stereocenters. The van der Waals surface area contributed by atoms with Crippen LogP contribution in [0.1, 0.15) is 53.4 Å². The average Bonchev–Trinajstić information content (AvgIpc) is 2.88. The Labute approximate surface area is 169 Å². The molecule has 0 radical (unpaired) electrons. The largest absolute Gasteiger partial charge is 0.444 e. The Morgan fingerprint density at radius 3 is 2.35 bits per heavy atom. The standard InChI is InChI=1S/C20H25BrN2O2.ClH/c1-15-6-8-16(9-7-15)17(23-12-4-2-3-5-13-23)14-22-20(24)18-10-11-19(21)25-18;/h6-11,17H,2-5,12-14H2,1H3,(H,22,24);1H. The number of benzene rings is 1. The van der Waals surface area contributed by atoms with Crippen molar-refractivity contribution in [1.29, 1.82) is 0 Å². The first-order valence-electron chi connectivity index (χ1n) is 8.97. The van der Waals surface area contributed by atoms with Crippen LogP contribution >= 0.6 is 28.3 Å². The highest BCUT2D eigenvalue weighted by Crippen LogP contribution is 2.24. The van der Waals surface area contributed by atoms with Crippen LogP contribution in [-0.2, 0) is 0 Å². The van der Waals surface area contributed by atoms with Crippen LogP contribution in [0.2, 0.25) is 0 Å². The first-order chi connectivity index (χ1) is 12.1. The van der Waals surface area contributed by atoms with Gasteiger partial charge in [0.25, 0.3) is 5.91 Å². The van der Waals surface area contributed by atoms with Crippen molar-refractivity contribution in [3.63, 3.8) is 0 Å². The molecular formula is C20H26BrClN2O2. The van der Waals surface area contributed by atoms with Gasteiger partial charge in [-0.1, -0.05) is 42.7 Å². The summed E-state index contributed by atoms with van der Waals surface area (Å²) >= 11 is 3.24. The van der Waals surface area contributed by atoms with Gasteiger partial charge in [-0.25, -0.2) is 0 Å². The van der Waals surface area contributed by atoms with E-state index in [1.165, 1.54) is 36.8 Å². The van der Waals surface area contributed by atoms with Crippen molar-refractivity contribution >= 4 is 34.2 Å². The molecule has 0 spiro atoms. The maximum absolute atomic E-state index is 12.4. The quantitative estimate of drug-likeness (QED) is 0.700. The molecule has 4 nitrogen and oxygen atoms in total. The lowest BCUT2D eigenvalue weighted by Crippen LogP contribution is -2.38. The molecule has 1 saturated heterocycles. The Hall–Kier alpha value is -1.30. The van der Waals surface area contributed by atoms with E-state index >= 15 is 0 Å². The Morgan fingerprint density at radius 2 is 1.77 bits per heavy atom. The number of aryl methyl sites for hydroxylation is 1. The number of hydrogen-bond donors (Lipinski definition) is 1. The Balaban J connectivity index is 0.00000243. The number of halogens is 2. The zero-order valence-electron chi connectivity index (χ0n) is 15.0. The molecule has 1 fully saturated rings. The fourth-order valence-corrected chi connectivity index (χ4v) is 3.67. The molecule has 1 aliphatic heterocycles. The summed E-state index contributed by atoms with van der Waals surface area (Å²) in [5, 5.41) is 3.05. The molecule has 0 aliphatic carbocycles. The van der Waals surface area contributed by atoms with Gasteiger partial charge < -0.3 is 9.73 Å². The first-order valence-corrected chi connectivity index (χ1v) is 9.77. The summed E-state index contributed by atoms with van der Waals surface area (Å²) in [6.45, 7) is 4.85. The Kier molecular flexibility index (Phi) is 8.19. The van der Waals surface area contributed by atoms with Gasteiger partial charge in [-0.05, 0) is 66.5 Å². The number of amides is 1. The van der Waals surface area contributed by atoms with Gasteiger partial charge in [0.05, 0.1) is 6.04 Å². The third-order valence-electron chi connectivity index (χ3n) is 4.80. The van der Waals surface area contributed by atoms with E-state index in [4.69, 9.17) is 4.42 Å². The van der Waals surface area contributed by atoms with Crippen molar-refractivity contribution in [2.75, 3.05) is 19.6 Å². The van der Waals surface area contributed by atoms with Crippen molar-refractivity contribution in [2.45, 2.75) is 38.6 Å². The van der Waals surface area contributed by atoms with Crippen molar-refractivity contribution < 1.29 is 9.21 Å². The summed E-state index contributed by atoms with van der Waals surface area (Å²) in [4.78, 5) is 14.9. The van der Waals surface area contributed by atoms with Crippen LogP contribution in [0, 0.1) is 6.92 Å². The number of hydrogen-bond acceptors (Lipinski definition) is 3. The molecule has 1 unspecified atom stereocenters. The summed E-state index contributed by atoms with van der Waals surface area (Å²) in [5.74, 6) is 0.169. The molecule has 1 amide bonds. The predicted octanol–water partition coefficient (Wildman–Crippen LogP) is 5.12. The lowest BCUT2D eigenvalue weighted by atomic mass is 10.0. The highest BCUT2D eigenvalue weighted by molar-refractivity contribution is 9.10. The molecule has 1 aromatic carbocycles. The van der Waals surface area contributed by atoms with Gasteiger partial charge in [-0.2, -0.15) is 0 Å². The number of likely N-dealkylation sites (tertiary alicyclic amines) is 1. The molecule has 0 bridgehead atoms. The molecular weight excluding hydrogens is 416 g/mol. The normalized spacial score (nSPS) is 16.4. The molecule has 26 heavy (non-hydrogen) atoms. The second-order valence-electron chi connectivity index (χ2n) is 6.69. The van der Waals surface area contributed by atoms with E-state index < -0.39 is 0 Å². The molecule has 6 heteroatoms. The number of nitrogens with zero attached hydrogens (tertiary/aromatic N) is 1. The van der Waals surface area contributed by atoms with Crippen molar-refractivity contribution in [1.82, 2.24) is 10.2 Å². The van der Waals surface area contributed by atoms with Crippen LogP contribution < -0.4 is 5.32 Å². The summed E-state index contributed by atoms with van der Waals surface area (Å²) in [6, 6.07) is 12.3. The van der Waals surface area contributed by atoms with Crippen LogP contribution in [-0.4, -0.2) is 30.4 Å². The van der Waals surface area contributed by atoms with Crippen LogP contribution in [0.25, 0.3) is 0 Å². The van der Waals surface area contributed by atoms with Crippen molar-refractivity contribution in [3.05, 3.63) is 58.0 Å². The first kappa shape index (κ1) is 21.0. The van der Waals surface area contributed by atoms with Gasteiger partial charge in [0, 0.05) is 6.54 Å². The molecule has 1 N–H and O–H groups in total. The van der Waals surface area contributed by atoms with Crippen LogP contribution in [0.3, 0.4) is 0 Å². The molecule has 2 aromatic rings. The highest BCUT2D eigenvalue weighted by Gasteiger charge is 2.23. The van der Waals surface area contributed by atoms with Gasteiger partial charge in [0.2, 0.25) is 0 Å². The molecule has 1 aliphatic rings. The molecule has 142 valence electrons. The average molecular weight is 442 g/mol. The maximum Gasteiger partial charge on any atom is 0.287 e. The predicted molar refractivity (Wildman–Crippen MR) is 110 cm³/mol. The zero-order chi connectivity index (χ0) is 17.6. The number of carbonyl (C=O) groups excluding carboxylic acids is 1. The van der Waals surface area contributed by atoms with Crippen LogP contribution in [0.5, 0.6) is 0 Å². The second kappa shape index (κ2) is 10.1. The van der Waals surface area contributed by atoms with E-state index in [1.54, 1.807) is 12.1 Å². The maximum atomic E-state index is 12.4. The lowest BCUT2D eigenvalue weighted by Gasteiger charge is -2.31. The highest BCUT2D eigenvalue weighted by atomic mass is 79.9. The van der Waals surface area contributed by atoms with Gasteiger partial charge in [-0.15, -0.1) is 12.4 Å². The summed E-state index contributed by atoms with van der Waals surface area (Å²) in [6.07, 6.45) is 5.04. The van der Waals surface area contributed by atoms with Crippen LogP contribution in [0.15, 0.2) is 45.5 Å². The van der Waals surface area contributed by atoms with Gasteiger partial charge in [0.15, 0.2) is 10.4 Å². The fourth-order valence-electron chi connectivity index (χ4n) is 3.37. The SMILES string of the molecule is Cc1ccc(C(CNC(=O)c2ccc(Br)o2)N2CCCCCC2)cc1.Cl. The minimum atomic E-state index is -0.169. The number of furan rings is 1. The second-order valence-corrected chi connectivity index (χ2v) is 7.47. The third-order valence-corrected chi connectivity index (χ3v) is 5.22. The smallest absolute Gasteiger partial charge is 0.287 e. The topological polar surface area (TPSA) is 45.5 Å².